The molecule has 3 nitrogen and oxygen atoms in total. The van der Waals surface area contributed by atoms with Gasteiger partial charge in [0.1, 0.15) is 0 Å². The third-order valence-electron chi connectivity index (χ3n) is 1.94. The van der Waals surface area contributed by atoms with Crippen molar-refractivity contribution in [3.8, 4) is 0 Å². The van der Waals surface area contributed by atoms with Gasteiger partial charge in [0.05, 0.1) is 5.60 Å². The van der Waals surface area contributed by atoms with E-state index in [4.69, 9.17) is 9.47 Å². The number of rotatable bonds is 5. The molecule has 0 unspecified atom stereocenters. The van der Waals surface area contributed by atoms with Crippen LogP contribution in [0.3, 0.4) is 0 Å². The van der Waals surface area contributed by atoms with Gasteiger partial charge in [0, 0.05) is 33.4 Å². The highest BCUT2D eigenvalue weighted by molar-refractivity contribution is 4.89. The van der Waals surface area contributed by atoms with E-state index >= 15 is 0 Å². The SMILES string of the molecule is COCCCOC1(C)CNC1. The Morgan fingerprint density at radius 3 is 2.55 bits per heavy atom. The maximum absolute atomic E-state index is 5.62. The molecule has 66 valence electrons. The minimum Gasteiger partial charge on any atom is -0.385 e. The summed E-state index contributed by atoms with van der Waals surface area (Å²) in [5, 5.41) is 3.19. The smallest absolute Gasteiger partial charge is 0.0901 e. The average molecular weight is 159 g/mol. The summed E-state index contributed by atoms with van der Waals surface area (Å²) in [5.74, 6) is 0. The molecule has 0 aromatic carbocycles. The van der Waals surface area contributed by atoms with Crippen molar-refractivity contribution in [1.29, 1.82) is 0 Å². The second kappa shape index (κ2) is 4.04. The highest BCUT2D eigenvalue weighted by Gasteiger charge is 2.31. The van der Waals surface area contributed by atoms with Gasteiger partial charge in [0.2, 0.25) is 0 Å². The first-order chi connectivity index (χ1) is 5.27. The number of hydrogen-bond donors (Lipinski definition) is 1. The van der Waals surface area contributed by atoms with Gasteiger partial charge in [-0.1, -0.05) is 0 Å². The molecule has 0 aliphatic carbocycles. The number of methoxy groups -OCH3 is 1. The molecule has 1 N–H and O–H groups in total. The monoisotopic (exact) mass is 159 g/mol. The van der Waals surface area contributed by atoms with Crippen LogP contribution in [0, 0.1) is 0 Å². The van der Waals surface area contributed by atoms with Crippen LogP contribution in [-0.4, -0.2) is 39.0 Å². The Balaban J connectivity index is 1.94. The molecule has 1 aliphatic rings. The van der Waals surface area contributed by atoms with Crippen molar-refractivity contribution in [1.82, 2.24) is 5.32 Å². The molecule has 0 aromatic rings. The summed E-state index contributed by atoms with van der Waals surface area (Å²) in [6, 6.07) is 0. The predicted octanol–water partition coefficient (Wildman–Crippen LogP) is 0.401. The second-order valence-electron chi connectivity index (χ2n) is 3.25. The summed E-state index contributed by atoms with van der Waals surface area (Å²) in [6.45, 7) is 5.71. The zero-order valence-corrected chi connectivity index (χ0v) is 7.35. The largest absolute Gasteiger partial charge is 0.385 e. The molecular formula is C8H17NO2. The van der Waals surface area contributed by atoms with Gasteiger partial charge >= 0.3 is 0 Å². The second-order valence-corrected chi connectivity index (χ2v) is 3.25. The van der Waals surface area contributed by atoms with Gasteiger partial charge < -0.3 is 14.8 Å². The van der Waals surface area contributed by atoms with Crippen LogP contribution in [-0.2, 0) is 9.47 Å². The van der Waals surface area contributed by atoms with Gasteiger partial charge in [-0.25, -0.2) is 0 Å². The molecule has 0 radical (unpaired) electrons. The van der Waals surface area contributed by atoms with Crippen molar-refractivity contribution >= 4 is 0 Å². The lowest BCUT2D eigenvalue weighted by atomic mass is 10.0. The molecule has 0 aromatic heterocycles. The van der Waals surface area contributed by atoms with Gasteiger partial charge in [-0.15, -0.1) is 0 Å². The molecule has 0 saturated carbocycles. The zero-order valence-electron chi connectivity index (χ0n) is 7.35. The average Bonchev–Trinajstić information content (AvgIpc) is 1.95. The molecule has 1 aliphatic heterocycles. The Morgan fingerprint density at radius 2 is 2.09 bits per heavy atom. The number of hydrogen-bond acceptors (Lipinski definition) is 3. The van der Waals surface area contributed by atoms with E-state index in [0.29, 0.717) is 0 Å². The summed E-state index contributed by atoms with van der Waals surface area (Å²) in [4.78, 5) is 0. The van der Waals surface area contributed by atoms with Crippen LogP contribution in [0.2, 0.25) is 0 Å². The molecule has 0 spiro atoms. The first kappa shape index (κ1) is 8.97. The highest BCUT2D eigenvalue weighted by Crippen LogP contribution is 2.14. The molecule has 3 heteroatoms. The fourth-order valence-electron chi connectivity index (χ4n) is 1.10. The topological polar surface area (TPSA) is 30.5 Å². The van der Waals surface area contributed by atoms with Crippen LogP contribution in [0.4, 0.5) is 0 Å². The van der Waals surface area contributed by atoms with Crippen molar-refractivity contribution in [2.45, 2.75) is 18.9 Å². The van der Waals surface area contributed by atoms with Crippen molar-refractivity contribution in [2.75, 3.05) is 33.4 Å². The molecular weight excluding hydrogens is 142 g/mol. The van der Waals surface area contributed by atoms with E-state index in [1.807, 2.05) is 0 Å². The Bertz CT molecular complexity index is 113. The van der Waals surface area contributed by atoms with Crippen LogP contribution < -0.4 is 5.32 Å². The predicted molar refractivity (Wildman–Crippen MR) is 43.7 cm³/mol. The van der Waals surface area contributed by atoms with E-state index in [9.17, 15) is 0 Å². The van der Waals surface area contributed by atoms with E-state index in [0.717, 1.165) is 32.7 Å². The van der Waals surface area contributed by atoms with Gasteiger partial charge in [-0.3, -0.25) is 0 Å². The summed E-state index contributed by atoms with van der Waals surface area (Å²) in [5.41, 5.74) is 0.105. The summed E-state index contributed by atoms with van der Waals surface area (Å²) in [7, 11) is 1.71. The zero-order chi connectivity index (χ0) is 8.16. The maximum atomic E-state index is 5.62. The normalized spacial score (nSPS) is 21.3. The van der Waals surface area contributed by atoms with Gasteiger partial charge in [-0.05, 0) is 13.3 Å². The van der Waals surface area contributed by atoms with E-state index in [2.05, 4.69) is 12.2 Å². The fraction of sp³-hybridized carbons (Fsp3) is 1.00. The Morgan fingerprint density at radius 1 is 1.36 bits per heavy atom. The van der Waals surface area contributed by atoms with Crippen molar-refractivity contribution < 1.29 is 9.47 Å². The Labute approximate surface area is 68.1 Å². The Hall–Kier alpha value is -0.120. The van der Waals surface area contributed by atoms with Gasteiger partial charge in [-0.2, -0.15) is 0 Å². The molecule has 11 heavy (non-hydrogen) atoms. The molecule has 0 amide bonds. The standard InChI is InChI=1S/C8H17NO2/c1-8(6-9-7-8)11-5-3-4-10-2/h9H,3-7H2,1-2H3. The minimum absolute atomic E-state index is 0.105. The van der Waals surface area contributed by atoms with Crippen molar-refractivity contribution in [3.63, 3.8) is 0 Å². The molecule has 1 saturated heterocycles. The van der Waals surface area contributed by atoms with E-state index in [1.165, 1.54) is 0 Å². The van der Waals surface area contributed by atoms with Crippen LogP contribution >= 0.6 is 0 Å². The lowest BCUT2D eigenvalue weighted by Crippen LogP contribution is -2.59. The van der Waals surface area contributed by atoms with Gasteiger partial charge in [0.25, 0.3) is 0 Å². The molecule has 1 heterocycles. The Kier molecular flexibility index (Phi) is 3.30. The molecule has 0 bridgehead atoms. The van der Waals surface area contributed by atoms with E-state index < -0.39 is 0 Å². The molecule has 1 rings (SSSR count). The maximum Gasteiger partial charge on any atom is 0.0901 e. The quantitative estimate of drug-likeness (QED) is 0.589. The van der Waals surface area contributed by atoms with Crippen LogP contribution in [0.5, 0.6) is 0 Å². The summed E-state index contributed by atoms with van der Waals surface area (Å²) in [6.07, 6.45) is 0.992. The lowest BCUT2D eigenvalue weighted by Gasteiger charge is -2.39. The molecule has 0 atom stereocenters. The third kappa shape index (κ3) is 2.77. The first-order valence-corrected chi connectivity index (χ1v) is 4.10. The first-order valence-electron chi connectivity index (χ1n) is 4.10. The lowest BCUT2D eigenvalue weighted by molar-refractivity contribution is -0.0708. The van der Waals surface area contributed by atoms with Crippen LogP contribution in [0.1, 0.15) is 13.3 Å². The minimum atomic E-state index is 0.105. The summed E-state index contributed by atoms with van der Waals surface area (Å²) >= 11 is 0. The fourth-order valence-corrected chi connectivity index (χ4v) is 1.10. The van der Waals surface area contributed by atoms with Gasteiger partial charge in [0.15, 0.2) is 0 Å². The van der Waals surface area contributed by atoms with Crippen molar-refractivity contribution in [3.05, 3.63) is 0 Å². The van der Waals surface area contributed by atoms with E-state index in [1.54, 1.807) is 7.11 Å². The van der Waals surface area contributed by atoms with E-state index in [-0.39, 0.29) is 5.60 Å². The summed E-state index contributed by atoms with van der Waals surface area (Å²) < 4.78 is 10.5. The van der Waals surface area contributed by atoms with Crippen molar-refractivity contribution in [2.24, 2.45) is 0 Å². The third-order valence-corrected chi connectivity index (χ3v) is 1.94. The molecule has 1 fully saturated rings. The van der Waals surface area contributed by atoms with Crippen LogP contribution in [0.25, 0.3) is 0 Å². The number of ether oxygens (including phenoxy) is 2. The highest BCUT2D eigenvalue weighted by atomic mass is 16.5. The number of nitrogens with one attached hydrogen (secondary N) is 1. The van der Waals surface area contributed by atoms with Crippen LogP contribution in [0.15, 0.2) is 0 Å².